The van der Waals surface area contributed by atoms with Crippen LogP contribution in [0.2, 0.25) is 0 Å². The van der Waals surface area contributed by atoms with E-state index in [1.165, 1.54) is 0 Å². The van der Waals surface area contributed by atoms with Gasteiger partial charge < -0.3 is 14.9 Å². The Morgan fingerprint density at radius 2 is 1.67 bits per heavy atom. The molecule has 0 aliphatic carbocycles. The van der Waals surface area contributed by atoms with Crippen LogP contribution in [0.3, 0.4) is 0 Å². The number of aromatic carboxylic acids is 1. The number of carboxylic acids is 2. The maximum absolute atomic E-state index is 11.2. The van der Waals surface area contributed by atoms with Gasteiger partial charge in [-0.3, -0.25) is 4.79 Å². The molecule has 1 atom stereocenters. The van der Waals surface area contributed by atoms with Gasteiger partial charge in [-0.2, -0.15) is 0 Å². The molecular weight excluding hydrogens is 510 g/mol. The Morgan fingerprint density at radius 1 is 0.923 bits per heavy atom. The van der Waals surface area contributed by atoms with Crippen molar-refractivity contribution in [1.29, 1.82) is 0 Å². The van der Waals surface area contributed by atoms with Gasteiger partial charge in [0.15, 0.2) is 0 Å². The van der Waals surface area contributed by atoms with Crippen molar-refractivity contribution in [1.82, 2.24) is 4.98 Å². The Hall–Kier alpha value is -4.23. The summed E-state index contributed by atoms with van der Waals surface area (Å²) in [6.45, 7) is 0.364. The molecule has 2 N–H and O–H groups in total. The Kier molecular flexibility index (Phi) is 10.0. The molecule has 0 radical (unpaired) electrons. The van der Waals surface area contributed by atoms with Crippen molar-refractivity contribution in [2.45, 2.75) is 38.7 Å². The van der Waals surface area contributed by atoms with Gasteiger partial charge in [-0.1, -0.05) is 79.2 Å². The highest BCUT2D eigenvalue weighted by molar-refractivity contribution is 7.13. The molecule has 7 heteroatoms. The molecule has 0 spiro atoms. The van der Waals surface area contributed by atoms with Crippen LogP contribution in [0.15, 0.2) is 90.3 Å². The normalized spacial score (nSPS) is 11.9. The highest BCUT2D eigenvalue weighted by atomic mass is 32.1. The predicted molar refractivity (Wildman–Crippen MR) is 154 cm³/mol. The van der Waals surface area contributed by atoms with Crippen LogP contribution in [0.5, 0.6) is 5.75 Å². The molecule has 1 unspecified atom stereocenters. The van der Waals surface area contributed by atoms with Crippen molar-refractivity contribution in [3.05, 3.63) is 113 Å². The minimum atomic E-state index is -0.947. The van der Waals surface area contributed by atoms with E-state index in [1.54, 1.807) is 23.5 Å². The lowest BCUT2D eigenvalue weighted by Crippen LogP contribution is -2.04. The second-order valence-electron chi connectivity index (χ2n) is 9.30. The van der Waals surface area contributed by atoms with Gasteiger partial charge in [0, 0.05) is 22.9 Å². The molecule has 0 fully saturated rings. The summed E-state index contributed by atoms with van der Waals surface area (Å²) in [4.78, 5) is 26.8. The number of aliphatic carboxylic acids is 1. The third-order valence-corrected chi connectivity index (χ3v) is 7.27. The number of thiazole rings is 1. The van der Waals surface area contributed by atoms with Crippen molar-refractivity contribution >= 4 is 29.4 Å². The van der Waals surface area contributed by atoms with E-state index in [1.807, 2.05) is 72.1 Å². The van der Waals surface area contributed by atoms with E-state index in [-0.39, 0.29) is 17.9 Å². The van der Waals surface area contributed by atoms with Crippen molar-refractivity contribution in [3.63, 3.8) is 0 Å². The number of rotatable bonds is 14. The zero-order chi connectivity index (χ0) is 27.5. The number of nitrogens with zero attached hydrogens (tertiary/aromatic N) is 1. The number of hydrogen-bond acceptors (Lipinski definition) is 5. The van der Waals surface area contributed by atoms with Gasteiger partial charge in [0.2, 0.25) is 0 Å². The van der Waals surface area contributed by atoms with E-state index in [4.69, 9.17) is 14.8 Å². The first-order valence-electron chi connectivity index (χ1n) is 12.9. The maximum atomic E-state index is 11.2. The van der Waals surface area contributed by atoms with Crippen LogP contribution in [0.1, 0.15) is 52.9 Å². The summed E-state index contributed by atoms with van der Waals surface area (Å²) >= 11 is 1.60. The van der Waals surface area contributed by atoms with Gasteiger partial charge in [0.1, 0.15) is 17.4 Å². The van der Waals surface area contributed by atoms with E-state index in [0.29, 0.717) is 13.0 Å². The van der Waals surface area contributed by atoms with Crippen LogP contribution < -0.4 is 4.74 Å². The zero-order valence-corrected chi connectivity index (χ0v) is 22.3. The van der Waals surface area contributed by atoms with Crippen LogP contribution >= 0.6 is 11.3 Å². The number of carbonyl (C=O) groups is 2. The summed E-state index contributed by atoms with van der Waals surface area (Å²) in [6, 6.07) is 24.9. The van der Waals surface area contributed by atoms with Gasteiger partial charge in [-0.25, -0.2) is 9.78 Å². The first kappa shape index (κ1) is 27.8. The van der Waals surface area contributed by atoms with Gasteiger partial charge in [-0.05, 0) is 48.9 Å². The van der Waals surface area contributed by atoms with E-state index in [2.05, 4.69) is 12.2 Å². The molecule has 0 aliphatic rings. The van der Waals surface area contributed by atoms with Crippen molar-refractivity contribution in [2.24, 2.45) is 5.92 Å². The third-order valence-electron chi connectivity index (χ3n) is 6.33. The van der Waals surface area contributed by atoms with E-state index in [9.17, 15) is 14.7 Å². The van der Waals surface area contributed by atoms with E-state index in [0.717, 1.165) is 52.4 Å². The minimum Gasteiger partial charge on any atom is -0.487 e. The average molecular weight is 542 g/mol. The number of aromatic nitrogens is 1. The second kappa shape index (κ2) is 14.1. The molecule has 0 saturated heterocycles. The predicted octanol–water partition coefficient (Wildman–Crippen LogP) is 7.60. The summed E-state index contributed by atoms with van der Waals surface area (Å²) < 4.78 is 6.16. The number of carboxylic acid groups (broad SMARTS) is 2. The van der Waals surface area contributed by atoms with Gasteiger partial charge in [-0.15, -0.1) is 11.3 Å². The molecule has 200 valence electrons. The number of allylic oxidation sites excluding steroid dienone is 1. The fraction of sp³-hybridized carbons (Fsp3) is 0.219. The molecule has 6 nitrogen and oxygen atoms in total. The van der Waals surface area contributed by atoms with Crippen LogP contribution in [-0.2, 0) is 17.8 Å². The average Bonchev–Trinajstić information content (AvgIpc) is 3.43. The quantitative estimate of drug-likeness (QED) is 0.160. The molecule has 4 rings (SSSR count). The number of hydrogen-bond donors (Lipinski definition) is 2. The highest BCUT2D eigenvalue weighted by Gasteiger charge is 2.11. The Bertz CT molecular complexity index is 1400. The fourth-order valence-electron chi connectivity index (χ4n) is 4.26. The molecule has 0 saturated carbocycles. The number of unbranched alkanes of at least 4 members (excludes halogenated alkanes) is 1. The molecule has 0 amide bonds. The second-order valence-corrected chi connectivity index (χ2v) is 10.2. The van der Waals surface area contributed by atoms with Crippen molar-refractivity contribution in [3.8, 4) is 16.3 Å². The molecule has 0 aliphatic heterocycles. The highest BCUT2D eigenvalue weighted by Crippen LogP contribution is 2.27. The molecule has 4 aromatic rings. The van der Waals surface area contributed by atoms with Crippen LogP contribution in [0, 0.1) is 5.92 Å². The summed E-state index contributed by atoms with van der Waals surface area (Å²) in [5, 5.41) is 21.1. The van der Waals surface area contributed by atoms with Crippen molar-refractivity contribution < 1.29 is 24.5 Å². The Balaban J connectivity index is 1.43. The first-order valence-corrected chi connectivity index (χ1v) is 13.8. The lowest BCUT2D eigenvalue weighted by Gasteiger charge is -2.14. The van der Waals surface area contributed by atoms with Gasteiger partial charge in [0.05, 0.1) is 11.3 Å². The fourth-order valence-corrected chi connectivity index (χ4v) is 5.07. The summed E-state index contributed by atoms with van der Waals surface area (Å²) in [7, 11) is 0. The van der Waals surface area contributed by atoms with Crippen LogP contribution in [0.4, 0.5) is 0 Å². The lowest BCUT2D eigenvalue weighted by atomic mass is 9.92. The molecule has 0 bridgehead atoms. The van der Waals surface area contributed by atoms with Gasteiger partial charge in [0.25, 0.3) is 0 Å². The summed E-state index contributed by atoms with van der Waals surface area (Å²) in [6.07, 6.45) is 7.32. The zero-order valence-electron chi connectivity index (χ0n) is 21.5. The number of benzene rings is 3. The van der Waals surface area contributed by atoms with Crippen molar-refractivity contribution in [2.75, 3.05) is 0 Å². The Morgan fingerprint density at radius 3 is 2.41 bits per heavy atom. The lowest BCUT2D eigenvalue weighted by molar-refractivity contribution is -0.137. The molecular formula is C32H31NO5S. The minimum absolute atomic E-state index is 0.156. The summed E-state index contributed by atoms with van der Waals surface area (Å²) in [5.74, 6) is -0.807. The SMILES string of the molecule is O=C(O)CCCCC(C=Cc1ccccc1OCc1csc(-c2ccccc2)n1)Cc1ccc(C(=O)O)cc1. The van der Waals surface area contributed by atoms with Crippen LogP contribution in [0.25, 0.3) is 16.6 Å². The van der Waals surface area contributed by atoms with Crippen LogP contribution in [-0.4, -0.2) is 27.1 Å². The monoisotopic (exact) mass is 541 g/mol. The molecule has 1 aromatic heterocycles. The van der Waals surface area contributed by atoms with Gasteiger partial charge >= 0.3 is 11.9 Å². The topological polar surface area (TPSA) is 96.7 Å². The van der Waals surface area contributed by atoms with E-state index >= 15 is 0 Å². The van der Waals surface area contributed by atoms with E-state index < -0.39 is 11.9 Å². The molecule has 1 heterocycles. The third kappa shape index (κ3) is 8.65. The standard InChI is InChI=1S/C32H31NO5S/c34-30(35)13-7-4-8-23(20-24-15-18-27(19-16-24)32(36)37)14-17-25-9-5-6-12-29(25)38-21-28-22-39-31(33-28)26-10-2-1-3-11-26/h1-3,5-6,9-12,14-19,22-23H,4,7-8,13,20-21H2,(H,34,35)(H,36,37). The molecule has 3 aromatic carbocycles. The smallest absolute Gasteiger partial charge is 0.335 e. The number of para-hydroxylation sites is 1. The Labute approximate surface area is 232 Å². The number of ether oxygens (including phenoxy) is 1. The largest absolute Gasteiger partial charge is 0.487 e. The summed E-state index contributed by atoms with van der Waals surface area (Å²) in [5.41, 5.74) is 4.21. The molecule has 39 heavy (non-hydrogen) atoms. The maximum Gasteiger partial charge on any atom is 0.335 e. The first-order chi connectivity index (χ1) is 19.0.